The van der Waals surface area contributed by atoms with Crippen LogP contribution < -0.4 is 0 Å². The zero-order valence-electron chi connectivity index (χ0n) is 13.6. The van der Waals surface area contributed by atoms with Crippen LogP contribution in [0.2, 0.25) is 0 Å². The number of rotatable bonds is 5. The van der Waals surface area contributed by atoms with E-state index in [0.717, 1.165) is 36.4 Å². The number of ether oxygens (including phenoxy) is 1. The Morgan fingerprint density at radius 1 is 1.35 bits per heavy atom. The lowest BCUT2D eigenvalue weighted by atomic mass is 10.1. The predicted octanol–water partition coefficient (Wildman–Crippen LogP) is 3.16. The van der Waals surface area contributed by atoms with E-state index in [9.17, 15) is 0 Å². The highest BCUT2D eigenvalue weighted by Crippen LogP contribution is 2.30. The number of hydrogen-bond donors (Lipinski definition) is 0. The maximum atomic E-state index is 5.98. The first kappa shape index (κ1) is 15.3. The minimum Gasteiger partial charge on any atom is -0.373 e. The fraction of sp³-hybridized carbons (Fsp3) is 0.647. The van der Waals surface area contributed by atoms with Crippen LogP contribution in [0, 0.1) is 6.92 Å². The molecule has 1 aliphatic carbocycles. The van der Waals surface area contributed by atoms with Gasteiger partial charge in [-0.25, -0.2) is 9.97 Å². The summed E-state index contributed by atoms with van der Waals surface area (Å²) in [4.78, 5) is 11.5. The Kier molecular flexibility index (Phi) is 4.46. The Morgan fingerprint density at radius 3 is 3.00 bits per heavy atom. The molecule has 0 spiro atoms. The van der Waals surface area contributed by atoms with Crippen molar-refractivity contribution in [1.29, 1.82) is 0 Å². The molecular formula is C17H24N4OS. The molecule has 0 saturated heterocycles. The maximum Gasteiger partial charge on any atom is 0.0952 e. The summed E-state index contributed by atoms with van der Waals surface area (Å²) < 4.78 is 8.28. The molecule has 124 valence electrons. The van der Waals surface area contributed by atoms with Crippen molar-refractivity contribution in [3.63, 3.8) is 0 Å². The van der Waals surface area contributed by atoms with Gasteiger partial charge in [0, 0.05) is 30.7 Å². The lowest BCUT2D eigenvalue weighted by Gasteiger charge is -2.37. The van der Waals surface area contributed by atoms with E-state index in [-0.39, 0.29) is 0 Å². The molecule has 1 atom stereocenters. The number of hydrogen-bond acceptors (Lipinski definition) is 5. The van der Waals surface area contributed by atoms with Crippen LogP contribution in [0.5, 0.6) is 0 Å². The average molecular weight is 332 g/mol. The van der Waals surface area contributed by atoms with Crippen molar-refractivity contribution in [3.8, 4) is 0 Å². The largest absolute Gasteiger partial charge is 0.373 e. The summed E-state index contributed by atoms with van der Waals surface area (Å²) in [7, 11) is 0. The van der Waals surface area contributed by atoms with Gasteiger partial charge in [-0.1, -0.05) is 12.8 Å². The predicted molar refractivity (Wildman–Crippen MR) is 90.4 cm³/mol. The topological polar surface area (TPSA) is 43.2 Å². The van der Waals surface area contributed by atoms with E-state index in [4.69, 9.17) is 4.74 Å². The molecule has 1 saturated carbocycles. The Balaban J connectivity index is 1.40. The van der Waals surface area contributed by atoms with Gasteiger partial charge in [-0.3, -0.25) is 4.90 Å². The molecule has 0 amide bonds. The van der Waals surface area contributed by atoms with Crippen molar-refractivity contribution in [3.05, 3.63) is 34.3 Å². The molecule has 1 aliphatic heterocycles. The number of imidazole rings is 1. The number of fused-ring (bicyclic) bond motifs is 1. The highest BCUT2D eigenvalue weighted by Gasteiger charge is 2.31. The van der Waals surface area contributed by atoms with Crippen molar-refractivity contribution < 1.29 is 4.74 Å². The van der Waals surface area contributed by atoms with Crippen LogP contribution >= 0.6 is 11.3 Å². The van der Waals surface area contributed by atoms with Gasteiger partial charge in [0.1, 0.15) is 0 Å². The smallest absolute Gasteiger partial charge is 0.0952 e. The van der Waals surface area contributed by atoms with Gasteiger partial charge < -0.3 is 9.30 Å². The molecule has 2 aliphatic rings. The summed E-state index contributed by atoms with van der Waals surface area (Å²) >= 11 is 1.68. The second-order valence-electron chi connectivity index (χ2n) is 6.69. The highest BCUT2D eigenvalue weighted by atomic mass is 32.1. The molecule has 0 N–H and O–H groups in total. The Labute approximate surface area is 141 Å². The zero-order chi connectivity index (χ0) is 15.6. The second-order valence-corrected chi connectivity index (χ2v) is 7.75. The van der Waals surface area contributed by atoms with Crippen LogP contribution in [0.1, 0.15) is 48.1 Å². The van der Waals surface area contributed by atoms with Gasteiger partial charge in [0.05, 0.1) is 42.0 Å². The van der Waals surface area contributed by atoms with Crippen LogP contribution in [-0.4, -0.2) is 38.6 Å². The number of nitrogens with zero attached hydrogens (tertiary/aromatic N) is 4. The van der Waals surface area contributed by atoms with Gasteiger partial charge >= 0.3 is 0 Å². The van der Waals surface area contributed by atoms with E-state index >= 15 is 0 Å². The molecule has 4 rings (SSSR count). The molecular weight excluding hydrogens is 308 g/mol. The zero-order valence-corrected chi connectivity index (χ0v) is 14.5. The van der Waals surface area contributed by atoms with Gasteiger partial charge in [0.2, 0.25) is 0 Å². The second kappa shape index (κ2) is 6.71. The van der Waals surface area contributed by atoms with Gasteiger partial charge in [-0.15, -0.1) is 11.3 Å². The van der Waals surface area contributed by atoms with Gasteiger partial charge in [-0.05, 0) is 19.8 Å². The summed E-state index contributed by atoms with van der Waals surface area (Å²) in [6, 6.07) is 1.11. The highest BCUT2D eigenvalue weighted by molar-refractivity contribution is 7.09. The van der Waals surface area contributed by atoms with Crippen LogP contribution in [0.4, 0.5) is 0 Å². The Bertz CT molecular complexity index is 647. The van der Waals surface area contributed by atoms with Crippen LogP contribution in [0.3, 0.4) is 0 Å². The number of aryl methyl sites for hydroxylation is 1. The van der Waals surface area contributed by atoms with E-state index in [1.54, 1.807) is 11.3 Å². The Hall–Kier alpha value is -1.24. The van der Waals surface area contributed by atoms with E-state index in [1.165, 1.54) is 31.4 Å². The monoisotopic (exact) mass is 332 g/mol. The lowest BCUT2D eigenvalue weighted by molar-refractivity contribution is 0.0473. The minimum atomic E-state index is 0.363. The van der Waals surface area contributed by atoms with Crippen molar-refractivity contribution in [1.82, 2.24) is 19.4 Å². The molecule has 0 aromatic carbocycles. The van der Waals surface area contributed by atoms with E-state index in [1.807, 2.05) is 19.4 Å². The fourth-order valence-corrected chi connectivity index (χ4v) is 4.47. The summed E-state index contributed by atoms with van der Waals surface area (Å²) in [5.74, 6) is 0. The molecule has 2 aromatic rings. The van der Waals surface area contributed by atoms with Crippen molar-refractivity contribution in [2.75, 3.05) is 13.2 Å². The SMILES string of the molecule is Cc1nc(COC[C@@H]2CN(C3CCCC3)Cc3cncn32)cs1. The minimum absolute atomic E-state index is 0.363. The van der Waals surface area contributed by atoms with Crippen molar-refractivity contribution in [2.24, 2.45) is 0 Å². The van der Waals surface area contributed by atoms with Crippen LogP contribution in [-0.2, 0) is 17.9 Å². The first-order chi connectivity index (χ1) is 11.3. The summed E-state index contributed by atoms with van der Waals surface area (Å²) in [5.41, 5.74) is 2.36. The number of aromatic nitrogens is 3. The van der Waals surface area contributed by atoms with Crippen LogP contribution in [0.25, 0.3) is 0 Å². The Morgan fingerprint density at radius 2 is 2.22 bits per heavy atom. The average Bonchev–Trinajstić information content (AvgIpc) is 3.28. The molecule has 6 heteroatoms. The van der Waals surface area contributed by atoms with E-state index < -0.39 is 0 Å². The molecule has 0 bridgehead atoms. The fourth-order valence-electron chi connectivity index (χ4n) is 3.87. The van der Waals surface area contributed by atoms with Crippen molar-refractivity contribution >= 4 is 11.3 Å². The molecule has 1 fully saturated rings. The maximum absolute atomic E-state index is 5.98. The van der Waals surface area contributed by atoms with Gasteiger partial charge in [0.15, 0.2) is 0 Å². The molecule has 2 aromatic heterocycles. The van der Waals surface area contributed by atoms with Crippen LogP contribution in [0.15, 0.2) is 17.9 Å². The van der Waals surface area contributed by atoms with E-state index in [0.29, 0.717) is 12.6 Å². The first-order valence-electron chi connectivity index (χ1n) is 8.53. The normalized spacial score (nSPS) is 22.6. The summed E-state index contributed by atoms with van der Waals surface area (Å²) in [6.45, 7) is 5.47. The van der Waals surface area contributed by atoms with Gasteiger partial charge in [0.25, 0.3) is 0 Å². The standard InChI is InChI=1S/C17H24N4OS/c1-13-19-14(11-23-13)9-22-10-17-8-20(15-4-2-3-5-15)7-16-6-18-12-21(16)17/h6,11-12,15,17H,2-5,7-10H2,1H3/t17-/m0/s1. The van der Waals surface area contributed by atoms with E-state index in [2.05, 4.69) is 24.8 Å². The third kappa shape index (κ3) is 3.34. The lowest BCUT2D eigenvalue weighted by Crippen LogP contribution is -2.43. The molecule has 5 nitrogen and oxygen atoms in total. The molecule has 0 unspecified atom stereocenters. The summed E-state index contributed by atoms with van der Waals surface area (Å²) in [6.07, 6.45) is 9.43. The molecule has 0 radical (unpaired) electrons. The quantitative estimate of drug-likeness (QED) is 0.843. The molecule has 23 heavy (non-hydrogen) atoms. The number of thiazole rings is 1. The third-order valence-corrected chi connectivity index (χ3v) is 5.84. The first-order valence-corrected chi connectivity index (χ1v) is 9.41. The molecule has 3 heterocycles. The summed E-state index contributed by atoms with van der Waals surface area (Å²) in [5, 5.41) is 3.19. The van der Waals surface area contributed by atoms with Gasteiger partial charge in [-0.2, -0.15) is 0 Å². The van der Waals surface area contributed by atoms with Crippen molar-refractivity contribution in [2.45, 2.75) is 57.8 Å². The third-order valence-electron chi connectivity index (χ3n) is 5.02.